The van der Waals surface area contributed by atoms with Gasteiger partial charge in [-0.2, -0.15) is 17.0 Å². The van der Waals surface area contributed by atoms with E-state index in [1.165, 1.54) is 14.5 Å². The molecule has 1 aromatic carbocycles. The summed E-state index contributed by atoms with van der Waals surface area (Å²) in [6.45, 7) is 2.73. The summed E-state index contributed by atoms with van der Waals surface area (Å²) in [5, 5.41) is 4.23. The summed E-state index contributed by atoms with van der Waals surface area (Å²) in [5.41, 5.74) is 2.04. The first-order valence-corrected chi connectivity index (χ1v) is 15.9. The van der Waals surface area contributed by atoms with Crippen molar-refractivity contribution < 1.29 is 26.4 Å². The quantitative estimate of drug-likeness (QED) is 0.443. The highest BCUT2D eigenvalue weighted by Gasteiger charge is 2.48. The van der Waals surface area contributed by atoms with E-state index in [0.29, 0.717) is 28.6 Å². The number of nitrogens with zero attached hydrogens (tertiary/aromatic N) is 4. The lowest BCUT2D eigenvalue weighted by Crippen LogP contribution is -2.43. The Balaban J connectivity index is 1.21. The highest BCUT2D eigenvalue weighted by Crippen LogP contribution is 2.42. The first-order chi connectivity index (χ1) is 18.1. The number of hydrogen-bond acceptors (Lipinski definition) is 8. The first kappa shape index (κ1) is 25.6. The number of ether oxygens (including phenoxy) is 1. The number of carbonyl (C=O) groups is 1. The molecule has 3 aromatic rings. The number of halogens is 1. The summed E-state index contributed by atoms with van der Waals surface area (Å²) in [7, 11) is -7.71. The van der Waals surface area contributed by atoms with Crippen LogP contribution in [0.2, 0.25) is 0 Å². The molecule has 1 amide bonds. The van der Waals surface area contributed by atoms with E-state index >= 15 is 0 Å². The molecule has 2 aliphatic heterocycles. The lowest BCUT2D eigenvalue weighted by molar-refractivity contribution is 0.169. The second-order valence-corrected chi connectivity index (χ2v) is 14.5. The van der Waals surface area contributed by atoms with E-state index in [2.05, 4.69) is 26.2 Å². The minimum atomic E-state index is -3.88. The molecule has 3 fully saturated rings. The van der Waals surface area contributed by atoms with Gasteiger partial charge in [-0.1, -0.05) is 17.7 Å². The van der Waals surface area contributed by atoms with Crippen LogP contribution in [-0.4, -0.2) is 72.8 Å². The van der Waals surface area contributed by atoms with Crippen LogP contribution in [0.25, 0.3) is 11.0 Å². The van der Waals surface area contributed by atoms with Crippen LogP contribution >= 0.6 is 15.9 Å². The van der Waals surface area contributed by atoms with Gasteiger partial charge in [0.15, 0.2) is 5.65 Å². The van der Waals surface area contributed by atoms with Crippen molar-refractivity contribution in [3.8, 4) is 0 Å². The third kappa shape index (κ3) is 4.17. The smallest absolute Gasteiger partial charge is 0.424 e. The van der Waals surface area contributed by atoms with Gasteiger partial charge in [0, 0.05) is 36.9 Å². The molecule has 0 spiro atoms. The Morgan fingerprint density at radius 1 is 1.05 bits per heavy atom. The zero-order valence-electron chi connectivity index (χ0n) is 20.4. The molecular weight excluding hydrogens is 598 g/mol. The molecule has 14 heteroatoms. The van der Waals surface area contributed by atoms with Crippen LogP contribution in [0, 0.1) is 18.8 Å². The fourth-order valence-corrected chi connectivity index (χ4v) is 9.02. The highest BCUT2D eigenvalue weighted by atomic mass is 79.9. The van der Waals surface area contributed by atoms with Crippen LogP contribution < -0.4 is 5.32 Å². The molecule has 0 bridgehead atoms. The fourth-order valence-electron chi connectivity index (χ4n) is 5.70. The van der Waals surface area contributed by atoms with Gasteiger partial charge in [-0.3, -0.25) is 0 Å². The summed E-state index contributed by atoms with van der Waals surface area (Å²) in [6, 6.07) is 8.50. The van der Waals surface area contributed by atoms with Gasteiger partial charge in [0.25, 0.3) is 10.0 Å². The predicted molar refractivity (Wildman–Crippen MR) is 143 cm³/mol. The largest absolute Gasteiger partial charge is 0.447 e. The number of hydrogen-bond donors (Lipinski definition) is 1. The Morgan fingerprint density at radius 3 is 2.37 bits per heavy atom. The summed E-state index contributed by atoms with van der Waals surface area (Å²) in [6.07, 6.45) is 3.79. The molecular formula is C24H26BrN5O6S2. The SMILES string of the molecule is Cc1ccc(S(=O)(=O)n2ccc3c(NC4C[C@@H]5CN(S(=O)(=O)N6CCOC6=O)C[C@@H]5C4)c(Br)cnc32)cc1. The van der Waals surface area contributed by atoms with Crippen molar-refractivity contribution >= 4 is 59.0 Å². The fraction of sp³-hybridized carbons (Fsp3) is 0.417. The molecule has 2 aromatic heterocycles. The molecule has 1 aliphatic carbocycles. The summed E-state index contributed by atoms with van der Waals surface area (Å²) < 4.78 is 61.4. The molecule has 3 aliphatic rings. The average Bonchev–Trinajstić information content (AvgIpc) is 3.64. The molecule has 6 rings (SSSR count). The van der Waals surface area contributed by atoms with Gasteiger partial charge in [-0.15, -0.1) is 0 Å². The molecule has 11 nitrogen and oxygen atoms in total. The highest BCUT2D eigenvalue weighted by molar-refractivity contribution is 9.10. The average molecular weight is 625 g/mol. The first-order valence-electron chi connectivity index (χ1n) is 12.2. The number of aromatic nitrogens is 2. The van der Waals surface area contributed by atoms with Crippen LogP contribution in [0.1, 0.15) is 18.4 Å². The number of amides is 1. The third-order valence-corrected chi connectivity index (χ3v) is 11.7. The number of aryl methyl sites for hydroxylation is 1. The maximum Gasteiger partial charge on any atom is 0.424 e. The standard InChI is InChI=1S/C24H26BrN5O6S2/c1-15-2-4-19(5-3-15)37(32,33)29-7-6-20-22(21(25)12-26-23(20)29)27-18-10-16-13-28(14-17(16)11-18)38(34,35)30-8-9-36-24(30)31/h2-7,12,16-18H,8-11,13-14H2,1H3,(H,26,27)/t16-,17+,18?. The number of nitrogens with one attached hydrogen (secondary N) is 1. The minimum absolute atomic E-state index is 0.0442. The monoisotopic (exact) mass is 623 g/mol. The lowest BCUT2D eigenvalue weighted by Gasteiger charge is -2.24. The van der Waals surface area contributed by atoms with Gasteiger partial charge in [0.2, 0.25) is 0 Å². The zero-order chi connectivity index (χ0) is 26.8. The van der Waals surface area contributed by atoms with E-state index < -0.39 is 26.3 Å². The second-order valence-electron chi connectivity index (χ2n) is 9.99. The number of pyridine rings is 1. The van der Waals surface area contributed by atoms with E-state index in [1.807, 2.05) is 6.92 Å². The van der Waals surface area contributed by atoms with Gasteiger partial charge in [0.1, 0.15) is 6.61 Å². The van der Waals surface area contributed by atoms with Gasteiger partial charge < -0.3 is 10.1 Å². The van der Waals surface area contributed by atoms with E-state index in [4.69, 9.17) is 4.74 Å². The third-order valence-electron chi connectivity index (χ3n) is 7.61. The maximum atomic E-state index is 13.3. The minimum Gasteiger partial charge on any atom is -0.447 e. The normalized spacial score (nSPS) is 24.2. The van der Waals surface area contributed by atoms with E-state index in [1.54, 1.807) is 36.5 Å². The number of cyclic esters (lactones) is 1. The van der Waals surface area contributed by atoms with Crippen LogP contribution in [0.3, 0.4) is 0 Å². The lowest BCUT2D eigenvalue weighted by atomic mass is 10.0. The molecule has 202 valence electrons. The van der Waals surface area contributed by atoms with Crippen molar-refractivity contribution in [1.29, 1.82) is 0 Å². The maximum absolute atomic E-state index is 13.3. The predicted octanol–water partition coefficient (Wildman–Crippen LogP) is 3.16. The van der Waals surface area contributed by atoms with Crippen LogP contribution in [-0.2, 0) is 25.0 Å². The van der Waals surface area contributed by atoms with Crippen molar-refractivity contribution in [1.82, 2.24) is 17.6 Å². The molecule has 0 radical (unpaired) electrons. The number of anilines is 1. The van der Waals surface area contributed by atoms with Crippen LogP contribution in [0.5, 0.6) is 0 Å². The second kappa shape index (κ2) is 9.21. The van der Waals surface area contributed by atoms with Crippen molar-refractivity contribution in [2.24, 2.45) is 11.8 Å². The van der Waals surface area contributed by atoms with Gasteiger partial charge >= 0.3 is 16.3 Å². The Morgan fingerprint density at radius 2 is 1.74 bits per heavy atom. The Kier molecular flexibility index (Phi) is 6.20. The molecule has 1 unspecified atom stereocenters. The van der Waals surface area contributed by atoms with Crippen molar-refractivity contribution in [3.63, 3.8) is 0 Å². The number of rotatable bonds is 6. The molecule has 1 saturated carbocycles. The molecule has 3 atom stereocenters. The summed E-state index contributed by atoms with van der Waals surface area (Å²) >= 11 is 3.56. The summed E-state index contributed by atoms with van der Waals surface area (Å²) in [4.78, 5) is 16.4. The van der Waals surface area contributed by atoms with E-state index in [9.17, 15) is 21.6 Å². The van der Waals surface area contributed by atoms with E-state index in [0.717, 1.165) is 28.4 Å². The summed E-state index contributed by atoms with van der Waals surface area (Å²) in [5.74, 6) is 0.312. The molecule has 1 N–H and O–H groups in total. The number of benzene rings is 1. The molecule has 4 heterocycles. The Bertz CT molecular complexity index is 1630. The molecule has 38 heavy (non-hydrogen) atoms. The van der Waals surface area contributed by atoms with Crippen LogP contribution in [0.4, 0.5) is 10.5 Å². The van der Waals surface area contributed by atoms with Crippen molar-refractivity contribution in [3.05, 3.63) is 52.8 Å². The molecule has 2 saturated heterocycles. The van der Waals surface area contributed by atoms with Gasteiger partial charge in [-0.05, 0) is 65.7 Å². The topological polar surface area (TPSA) is 131 Å². The van der Waals surface area contributed by atoms with Crippen LogP contribution in [0.15, 0.2) is 52.1 Å². The van der Waals surface area contributed by atoms with Crippen molar-refractivity contribution in [2.75, 3.05) is 31.6 Å². The Labute approximate surface area is 229 Å². The van der Waals surface area contributed by atoms with Gasteiger partial charge in [0.05, 0.1) is 21.6 Å². The van der Waals surface area contributed by atoms with Gasteiger partial charge in [-0.25, -0.2) is 22.2 Å². The zero-order valence-corrected chi connectivity index (χ0v) is 23.7. The van der Waals surface area contributed by atoms with E-state index in [-0.39, 0.29) is 35.9 Å². The number of fused-ring (bicyclic) bond motifs is 2. The van der Waals surface area contributed by atoms with Crippen molar-refractivity contribution in [2.45, 2.75) is 30.7 Å². The Hall–Kier alpha value is -2.68. The number of carbonyl (C=O) groups excluding carboxylic acids is 1.